The number of nitrogens with zero attached hydrogens (tertiary/aromatic N) is 3. The van der Waals surface area contributed by atoms with Gasteiger partial charge in [-0.1, -0.05) is 41.9 Å². The Kier molecular flexibility index (Phi) is 5.38. The Labute approximate surface area is 187 Å². The van der Waals surface area contributed by atoms with Crippen LogP contribution in [0.2, 0.25) is 5.02 Å². The van der Waals surface area contributed by atoms with Gasteiger partial charge in [0.2, 0.25) is 5.91 Å². The number of likely N-dealkylation sites (tertiary alicyclic amines) is 1. The van der Waals surface area contributed by atoms with Gasteiger partial charge in [-0.15, -0.1) is 0 Å². The molecule has 0 radical (unpaired) electrons. The molecule has 158 valence electrons. The van der Waals surface area contributed by atoms with E-state index in [1.807, 2.05) is 48.7 Å². The van der Waals surface area contributed by atoms with Crippen LogP contribution in [0, 0.1) is 0 Å². The van der Waals surface area contributed by atoms with Gasteiger partial charge in [-0.3, -0.25) is 14.7 Å². The first kappa shape index (κ1) is 20.0. The van der Waals surface area contributed by atoms with Crippen LogP contribution in [0.1, 0.15) is 18.4 Å². The Morgan fingerprint density at radius 2 is 1.74 bits per heavy atom. The average Bonchev–Trinajstić information content (AvgIpc) is 3.12. The fourth-order valence-corrected chi connectivity index (χ4v) is 4.85. The number of aromatic nitrogens is 1. The van der Waals surface area contributed by atoms with Crippen LogP contribution < -0.4 is 10.2 Å². The van der Waals surface area contributed by atoms with Gasteiger partial charge in [0.05, 0.1) is 12.4 Å². The quantitative estimate of drug-likeness (QED) is 0.666. The number of carbonyl (C=O) groups is 1. The number of amides is 1. The van der Waals surface area contributed by atoms with Crippen LogP contribution in [-0.4, -0.2) is 41.1 Å². The van der Waals surface area contributed by atoms with Gasteiger partial charge >= 0.3 is 0 Å². The lowest BCUT2D eigenvalue weighted by atomic mass is 9.85. The first-order valence-electron chi connectivity index (χ1n) is 10.7. The molecular formula is C25H25ClN4O. The Morgan fingerprint density at radius 3 is 2.48 bits per heavy atom. The number of hydrogen-bond acceptors (Lipinski definition) is 4. The second kappa shape index (κ2) is 8.33. The highest BCUT2D eigenvalue weighted by molar-refractivity contribution is 6.30. The molecular weight excluding hydrogens is 408 g/mol. The summed E-state index contributed by atoms with van der Waals surface area (Å²) in [7, 11) is 0. The van der Waals surface area contributed by atoms with E-state index >= 15 is 0 Å². The van der Waals surface area contributed by atoms with Crippen molar-refractivity contribution in [3.63, 3.8) is 0 Å². The maximum absolute atomic E-state index is 12.8. The van der Waals surface area contributed by atoms with Gasteiger partial charge in [-0.25, -0.2) is 0 Å². The lowest BCUT2D eigenvalue weighted by Gasteiger charge is -2.43. The van der Waals surface area contributed by atoms with E-state index in [0.29, 0.717) is 6.67 Å². The normalized spacial score (nSPS) is 18.4. The van der Waals surface area contributed by atoms with Crippen LogP contribution in [0.25, 0.3) is 11.3 Å². The lowest BCUT2D eigenvalue weighted by molar-refractivity contribution is -0.125. The fourth-order valence-electron chi connectivity index (χ4n) is 4.72. The van der Waals surface area contributed by atoms with Gasteiger partial charge in [0.15, 0.2) is 0 Å². The molecule has 0 atom stereocenters. The SMILES string of the molecule is O=C1NCN(c2ccccc2)C12CCN(Cc1ccnc(-c3ccc(Cl)cc3)c1)CC2. The fraction of sp³-hybridized carbons (Fsp3) is 0.280. The largest absolute Gasteiger partial charge is 0.339 e. The van der Waals surface area contributed by atoms with Crippen LogP contribution in [0.3, 0.4) is 0 Å². The molecule has 1 amide bonds. The summed E-state index contributed by atoms with van der Waals surface area (Å²) >= 11 is 6.01. The highest BCUT2D eigenvalue weighted by Crippen LogP contribution is 2.36. The summed E-state index contributed by atoms with van der Waals surface area (Å²) in [6.45, 7) is 3.20. The summed E-state index contributed by atoms with van der Waals surface area (Å²) in [5.74, 6) is 0.157. The molecule has 1 N–H and O–H groups in total. The third-order valence-electron chi connectivity index (χ3n) is 6.46. The maximum atomic E-state index is 12.8. The van der Waals surface area contributed by atoms with Gasteiger partial charge in [0.1, 0.15) is 5.54 Å². The van der Waals surface area contributed by atoms with E-state index in [1.54, 1.807) is 0 Å². The van der Waals surface area contributed by atoms with Crippen molar-refractivity contribution in [1.82, 2.24) is 15.2 Å². The van der Waals surface area contributed by atoms with Crippen LogP contribution >= 0.6 is 11.6 Å². The highest BCUT2D eigenvalue weighted by atomic mass is 35.5. The minimum Gasteiger partial charge on any atom is -0.339 e. The molecule has 2 aromatic carbocycles. The van der Waals surface area contributed by atoms with Crippen LogP contribution in [0.15, 0.2) is 72.9 Å². The molecule has 2 fully saturated rings. The Morgan fingerprint density at radius 1 is 1.00 bits per heavy atom. The standard InChI is InChI=1S/C25H25ClN4O/c26-21-8-6-20(7-9-21)23-16-19(10-13-27-23)17-29-14-11-25(12-15-29)24(31)28-18-30(25)22-4-2-1-3-5-22/h1-10,13,16H,11-12,14-15,17-18H2,(H,28,31). The van der Waals surface area contributed by atoms with Gasteiger partial charge in [0.25, 0.3) is 0 Å². The van der Waals surface area contributed by atoms with Crippen LogP contribution in [0.4, 0.5) is 5.69 Å². The Balaban J connectivity index is 1.28. The number of pyridine rings is 1. The third-order valence-corrected chi connectivity index (χ3v) is 6.71. The summed E-state index contributed by atoms with van der Waals surface area (Å²) in [5.41, 5.74) is 3.91. The Hall–Kier alpha value is -2.89. The van der Waals surface area contributed by atoms with E-state index in [0.717, 1.165) is 54.4 Å². The van der Waals surface area contributed by atoms with Gasteiger partial charge in [0, 0.05) is 42.1 Å². The molecule has 0 bridgehead atoms. The molecule has 2 aliphatic heterocycles. The summed E-state index contributed by atoms with van der Waals surface area (Å²) in [5, 5.41) is 3.80. The lowest BCUT2D eigenvalue weighted by Crippen LogP contribution is -2.56. The van der Waals surface area contributed by atoms with Crippen LogP contribution in [0.5, 0.6) is 0 Å². The molecule has 2 aliphatic rings. The first-order chi connectivity index (χ1) is 15.1. The zero-order valence-electron chi connectivity index (χ0n) is 17.3. The highest BCUT2D eigenvalue weighted by Gasteiger charge is 2.50. The first-order valence-corrected chi connectivity index (χ1v) is 11.1. The van der Waals surface area contributed by atoms with Gasteiger partial charge < -0.3 is 10.2 Å². The van der Waals surface area contributed by atoms with Crippen LogP contribution in [-0.2, 0) is 11.3 Å². The second-order valence-corrected chi connectivity index (χ2v) is 8.73. The summed E-state index contributed by atoms with van der Waals surface area (Å²) in [6.07, 6.45) is 3.51. The van der Waals surface area contributed by atoms with E-state index in [-0.39, 0.29) is 5.91 Å². The molecule has 0 aliphatic carbocycles. The molecule has 3 aromatic rings. The molecule has 3 heterocycles. The summed E-state index contributed by atoms with van der Waals surface area (Å²) in [6, 6.07) is 22.2. The predicted octanol–water partition coefficient (Wildman–Crippen LogP) is 4.33. The van der Waals surface area contributed by atoms with E-state index in [2.05, 4.69) is 44.4 Å². The molecule has 2 saturated heterocycles. The minimum absolute atomic E-state index is 0.157. The Bertz CT molecular complexity index is 1060. The van der Waals surface area contributed by atoms with Crippen molar-refractivity contribution in [1.29, 1.82) is 0 Å². The van der Waals surface area contributed by atoms with Gasteiger partial charge in [-0.05, 0) is 54.8 Å². The zero-order valence-corrected chi connectivity index (χ0v) is 18.1. The van der Waals surface area contributed by atoms with Crippen molar-refractivity contribution in [2.75, 3.05) is 24.7 Å². The summed E-state index contributed by atoms with van der Waals surface area (Å²) in [4.78, 5) is 22.0. The topological polar surface area (TPSA) is 48.5 Å². The number of halogens is 1. The second-order valence-electron chi connectivity index (χ2n) is 8.29. The summed E-state index contributed by atoms with van der Waals surface area (Å²) < 4.78 is 0. The molecule has 0 saturated carbocycles. The molecule has 5 nitrogen and oxygen atoms in total. The van der Waals surface area contributed by atoms with E-state index in [9.17, 15) is 4.79 Å². The van der Waals surface area contributed by atoms with Crippen molar-refractivity contribution in [3.8, 4) is 11.3 Å². The molecule has 31 heavy (non-hydrogen) atoms. The third kappa shape index (κ3) is 3.91. The zero-order chi connectivity index (χ0) is 21.3. The minimum atomic E-state index is -0.440. The molecule has 1 aromatic heterocycles. The molecule has 0 unspecified atom stereocenters. The molecule has 6 heteroatoms. The molecule has 1 spiro atoms. The smallest absolute Gasteiger partial charge is 0.247 e. The van der Waals surface area contributed by atoms with E-state index in [4.69, 9.17) is 11.6 Å². The van der Waals surface area contributed by atoms with Crippen molar-refractivity contribution in [2.24, 2.45) is 0 Å². The number of piperidine rings is 1. The van der Waals surface area contributed by atoms with E-state index in [1.165, 1.54) is 5.56 Å². The molecule has 5 rings (SSSR count). The monoisotopic (exact) mass is 432 g/mol. The number of rotatable bonds is 4. The number of para-hydroxylation sites is 1. The maximum Gasteiger partial charge on any atom is 0.247 e. The van der Waals surface area contributed by atoms with Crippen molar-refractivity contribution < 1.29 is 4.79 Å². The predicted molar refractivity (Wildman–Crippen MR) is 124 cm³/mol. The van der Waals surface area contributed by atoms with Crippen molar-refractivity contribution in [2.45, 2.75) is 24.9 Å². The number of anilines is 1. The van der Waals surface area contributed by atoms with Gasteiger partial charge in [-0.2, -0.15) is 0 Å². The van der Waals surface area contributed by atoms with Crippen molar-refractivity contribution in [3.05, 3.63) is 83.5 Å². The number of nitrogens with one attached hydrogen (secondary N) is 1. The van der Waals surface area contributed by atoms with E-state index < -0.39 is 5.54 Å². The number of benzene rings is 2. The van der Waals surface area contributed by atoms with Crippen molar-refractivity contribution >= 4 is 23.2 Å². The average molecular weight is 433 g/mol. The number of hydrogen-bond donors (Lipinski definition) is 1. The number of carbonyl (C=O) groups excluding carboxylic acids is 1.